The first-order chi connectivity index (χ1) is 7.38. The molecule has 0 saturated carbocycles. The van der Waals surface area contributed by atoms with Crippen molar-refractivity contribution in [2.45, 2.75) is 19.1 Å². The molecule has 1 aromatic rings. The molecule has 0 aliphatic heterocycles. The van der Waals surface area contributed by atoms with E-state index in [1.165, 1.54) is 24.1 Å². The van der Waals surface area contributed by atoms with Gasteiger partial charge in [0.05, 0.1) is 12.2 Å². The molecule has 1 aromatic carbocycles. The number of rotatable bonds is 3. The molecule has 0 fully saturated rings. The van der Waals surface area contributed by atoms with Gasteiger partial charge in [0, 0.05) is 18.8 Å². The van der Waals surface area contributed by atoms with Crippen LogP contribution >= 0.6 is 0 Å². The van der Waals surface area contributed by atoms with Gasteiger partial charge in [0.1, 0.15) is 0 Å². The summed E-state index contributed by atoms with van der Waals surface area (Å²) in [6.07, 6.45) is -4.37. The van der Waals surface area contributed by atoms with Gasteiger partial charge < -0.3 is 10.0 Å². The first-order valence-corrected chi connectivity index (χ1v) is 4.88. The van der Waals surface area contributed by atoms with E-state index in [9.17, 15) is 13.2 Å². The number of aliphatic hydroxyl groups excluding tert-OH is 1. The van der Waals surface area contributed by atoms with Gasteiger partial charge in [-0.25, -0.2) is 0 Å². The van der Waals surface area contributed by atoms with E-state index in [0.29, 0.717) is 0 Å². The average Bonchev–Trinajstić information content (AvgIpc) is 2.26. The van der Waals surface area contributed by atoms with Gasteiger partial charge in [-0.1, -0.05) is 12.1 Å². The maximum Gasteiger partial charge on any atom is 0.418 e. The van der Waals surface area contributed by atoms with Crippen molar-refractivity contribution in [3.8, 4) is 0 Å². The fraction of sp³-hybridized carbons (Fsp3) is 0.455. The fourth-order valence-electron chi connectivity index (χ4n) is 1.38. The third kappa shape index (κ3) is 2.66. The highest BCUT2D eigenvalue weighted by atomic mass is 19.4. The van der Waals surface area contributed by atoms with E-state index in [0.717, 1.165) is 6.07 Å². The molecule has 90 valence electrons. The second-order valence-corrected chi connectivity index (χ2v) is 3.66. The lowest BCUT2D eigenvalue weighted by Gasteiger charge is -2.28. The summed E-state index contributed by atoms with van der Waals surface area (Å²) in [5.41, 5.74) is -0.602. The van der Waals surface area contributed by atoms with Crippen LogP contribution in [-0.2, 0) is 6.18 Å². The summed E-state index contributed by atoms with van der Waals surface area (Å²) in [6, 6.07) is 4.98. The molecule has 0 radical (unpaired) electrons. The van der Waals surface area contributed by atoms with Crippen molar-refractivity contribution < 1.29 is 18.3 Å². The zero-order chi connectivity index (χ0) is 12.3. The lowest BCUT2D eigenvalue weighted by molar-refractivity contribution is -0.137. The minimum atomic E-state index is -4.37. The molecular weight excluding hydrogens is 219 g/mol. The van der Waals surface area contributed by atoms with Crippen molar-refractivity contribution in [1.29, 1.82) is 0 Å². The second kappa shape index (κ2) is 4.74. The van der Waals surface area contributed by atoms with Crippen LogP contribution in [0.15, 0.2) is 24.3 Å². The summed E-state index contributed by atoms with van der Waals surface area (Å²) in [6.45, 7) is 1.47. The van der Waals surface area contributed by atoms with Crippen LogP contribution in [-0.4, -0.2) is 24.8 Å². The van der Waals surface area contributed by atoms with Crippen LogP contribution in [0.3, 0.4) is 0 Å². The molecule has 0 aromatic heterocycles. The molecule has 1 unspecified atom stereocenters. The predicted molar refractivity (Wildman–Crippen MR) is 56.4 cm³/mol. The Kier molecular flexibility index (Phi) is 3.80. The normalized spacial score (nSPS) is 13.6. The fourth-order valence-corrected chi connectivity index (χ4v) is 1.38. The number of benzene rings is 1. The van der Waals surface area contributed by atoms with Gasteiger partial charge in [-0.05, 0) is 19.1 Å². The van der Waals surface area contributed by atoms with Gasteiger partial charge >= 0.3 is 6.18 Å². The average molecular weight is 233 g/mol. The molecule has 1 rings (SSSR count). The number of likely N-dealkylation sites (N-methyl/N-ethyl adjacent to an activating group) is 1. The number of para-hydroxylation sites is 1. The molecule has 0 bridgehead atoms. The van der Waals surface area contributed by atoms with Crippen LogP contribution in [0.25, 0.3) is 0 Å². The Bertz CT molecular complexity index is 351. The first kappa shape index (κ1) is 12.8. The Labute approximate surface area is 92.3 Å². The standard InChI is InChI=1S/C11H14F3NO/c1-8(7-16)15(2)10-6-4-3-5-9(10)11(12,13)14/h3-6,8,16H,7H2,1-2H3. The molecule has 0 aliphatic rings. The number of hydrogen-bond acceptors (Lipinski definition) is 2. The van der Waals surface area contributed by atoms with Crippen molar-refractivity contribution in [3.05, 3.63) is 29.8 Å². The van der Waals surface area contributed by atoms with Gasteiger partial charge in [0.25, 0.3) is 0 Å². The maximum absolute atomic E-state index is 12.7. The summed E-state index contributed by atoms with van der Waals surface area (Å²) < 4.78 is 38.1. The minimum Gasteiger partial charge on any atom is -0.394 e. The summed E-state index contributed by atoms with van der Waals surface area (Å²) in [7, 11) is 1.53. The monoisotopic (exact) mass is 233 g/mol. The smallest absolute Gasteiger partial charge is 0.394 e. The highest BCUT2D eigenvalue weighted by Crippen LogP contribution is 2.36. The third-order valence-electron chi connectivity index (χ3n) is 2.51. The number of nitrogens with zero attached hydrogens (tertiary/aromatic N) is 1. The van der Waals surface area contributed by atoms with E-state index in [1.54, 1.807) is 13.0 Å². The van der Waals surface area contributed by atoms with E-state index < -0.39 is 11.7 Å². The van der Waals surface area contributed by atoms with Crippen LogP contribution in [0, 0.1) is 0 Å². The largest absolute Gasteiger partial charge is 0.418 e. The lowest BCUT2D eigenvalue weighted by Crippen LogP contribution is -2.33. The van der Waals surface area contributed by atoms with Crippen molar-refractivity contribution in [1.82, 2.24) is 0 Å². The van der Waals surface area contributed by atoms with Crippen LogP contribution < -0.4 is 4.90 Å². The van der Waals surface area contributed by atoms with Crippen molar-refractivity contribution in [2.24, 2.45) is 0 Å². The molecule has 5 heteroatoms. The van der Waals surface area contributed by atoms with E-state index in [2.05, 4.69) is 0 Å². The zero-order valence-corrected chi connectivity index (χ0v) is 9.12. The van der Waals surface area contributed by atoms with Gasteiger partial charge in [-0.2, -0.15) is 13.2 Å². The lowest BCUT2D eigenvalue weighted by atomic mass is 10.1. The van der Waals surface area contributed by atoms with Crippen LogP contribution in [0.4, 0.5) is 18.9 Å². The van der Waals surface area contributed by atoms with Gasteiger partial charge in [-0.15, -0.1) is 0 Å². The van der Waals surface area contributed by atoms with Gasteiger partial charge in [-0.3, -0.25) is 0 Å². The number of hydrogen-bond donors (Lipinski definition) is 1. The quantitative estimate of drug-likeness (QED) is 0.867. The molecule has 0 amide bonds. The zero-order valence-electron chi connectivity index (χ0n) is 9.12. The van der Waals surface area contributed by atoms with E-state index in [1.807, 2.05) is 0 Å². The Morgan fingerprint density at radius 1 is 1.31 bits per heavy atom. The van der Waals surface area contributed by atoms with Gasteiger partial charge in [0.2, 0.25) is 0 Å². The Morgan fingerprint density at radius 3 is 2.38 bits per heavy atom. The number of anilines is 1. The SMILES string of the molecule is CC(CO)N(C)c1ccccc1C(F)(F)F. The van der Waals surface area contributed by atoms with Crippen LogP contribution in [0.1, 0.15) is 12.5 Å². The Balaban J connectivity index is 3.13. The van der Waals surface area contributed by atoms with Gasteiger partial charge in [0.15, 0.2) is 0 Å². The highest BCUT2D eigenvalue weighted by Gasteiger charge is 2.34. The Hall–Kier alpha value is -1.23. The number of aliphatic hydroxyl groups is 1. The van der Waals surface area contributed by atoms with E-state index >= 15 is 0 Å². The molecular formula is C11H14F3NO. The van der Waals surface area contributed by atoms with E-state index in [-0.39, 0.29) is 18.3 Å². The summed E-state index contributed by atoms with van der Waals surface area (Å²) in [5, 5.41) is 8.94. The maximum atomic E-state index is 12.7. The molecule has 0 heterocycles. The molecule has 0 aliphatic carbocycles. The van der Waals surface area contributed by atoms with Crippen LogP contribution in [0.2, 0.25) is 0 Å². The van der Waals surface area contributed by atoms with Crippen molar-refractivity contribution >= 4 is 5.69 Å². The van der Waals surface area contributed by atoms with Crippen LogP contribution in [0.5, 0.6) is 0 Å². The third-order valence-corrected chi connectivity index (χ3v) is 2.51. The topological polar surface area (TPSA) is 23.5 Å². The van der Waals surface area contributed by atoms with Crippen molar-refractivity contribution in [2.75, 3.05) is 18.6 Å². The van der Waals surface area contributed by atoms with Crippen molar-refractivity contribution in [3.63, 3.8) is 0 Å². The minimum absolute atomic E-state index is 0.0801. The molecule has 1 atom stereocenters. The predicted octanol–water partition coefficient (Wildman–Crippen LogP) is 2.52. The second-order valence-electron chi connectivity index (χ2n) is 3.66. The first-order valence-electron chi connectivity index (χ1n) is 4.88. The van der Waals surface area contributed by atoms with E-state index in [4.69, 9.17) is 5.11 Å². The summed E-state index contributed by atoms with van der Waals surface area (Å²) in [5.74, 6) is 0. The molecule has 2 nitrogen and oxygen atoms in total. The molecule has 0 saturated heterocycles. The number of halogens is 3. The summed E-state index contributed by atoms with van der Waals surface area (Å²) >= 11 is 0. The number of alkyl halides is 3. The molecule has 1 N–H and O–H groups in total. The Morgan fingerprint density at radius 2 is 1.88 bits per heavy atom. The summed E-state index contributed by atoms with van der Waals surface area (Å²) in [4.78, 5) is 1.42. The molecule has 16 heavy (non-hydrogen) atoms. The molecule has 0 spiro atoms. The highest BCUT2D eigenvalue weighted by molar-refractivity contribution is 5.55.